The molecule has 1 amide bonds. The maximum Gasteiger partial charge on any atom is 0.251 e. The van der Waals surface area contributed by atoms with Gasteiger partial charge in [-0.1, -0.05) is 0 Å². The molecule has 1 atom stereocenters. The average molecular weight is 284 g/mol. The molecule has 5 heteroatoms. The SMILES string of the molecule is Cc1nc2ccc(C(=O)NC3CCN(C)C3)cc2nc1C. The van der Waals surface area contributed by atoms with Gasteiger partial charge in [0.2, 0.25) is 0 Å². The summed E-state index contributed by atoms with van der Waals surface area (Å²) in [7, 11) is 2.07. The average Bonchev–Trinajstić information content (AvgIpc) is 2.85. The highest BCUT2D eigenvalue weighted by molar-refractivity contribution is 5.97. The zero-order valence-electron chi connectivity index (χ0n) is 12.7. The van der Waals surface area contributed by atoms with Crippen molar-refractivity contribution in [2.75, 3.05) is 20.1 Å². The van der Waals surface area contributed by atoms with Gasteiger partial charge in [-0.25, -0.2) is 9.97 Å². The van der Waals surface area contributed by atoms with Crippen LogP contribution in [0.15, 0.2) is 18.2 Å². The van der Waals surface area contributed by atoms with Crippen molar-refractivity contribution in [3.63, 3.8) is 0 Å². The monoisotopic (exact) mass is 284 g/mol. The van der Waals surface area contributed by atoms with Crippen LogP contribution in [-0.2, 0) is 0 Å². The second-order valence-electron chi connectivity index (χ2n) is 5.82. The third kappa shape index (κ3) is 2.88. The summed E-state index contributed by atoms with van der Waals surface area (Å²) in [6, 6.07) is 5.75. The third-order valence-corrected chi connectivity index (χ3v) is 4.06. The number of hydrogen-bond acceptors (Lipinski definition) is 4. The number of aryl methyl sites for hydroxylation is 2. The number of likely N-dealkylation sites (tertiary alicyclic amines) is 1. The Morgan fingerprint density at radius 3 is 2.62 bits per heavy atom. The Morgan fingerprint density at radius 2 is 1.95 bits per heavy atom. The molecule has 110 valence electrons. The van der Waals surface area contributed by atoms with Crippen molar-refractivity contribution in [1.82, 2.24) is 20.2 Å². The van der Waals surface area contributed by atoms with E-state index in [2.05, 4.69) is 27.2 Å². The van der Waals surface area contributed by atoms with Crippen LogP contribution in [0.5, 0.6) is 0 Å². The predicted octanol–water partition coefficient (Wildman–Crippen LogP) is 1.68. The lowest BCUT2D eigenvalue weighted by molar-refractivity contribution is 0.0938. The normalized spacial score (nSPS) is 19.1. The lowest BCUT2D eigenvalue weighted by Crippen LogP contribution is -2.36. The van der Waals surface area contributed by atoms with Gasteiger partial charge < -0.3 is 10.2 Å². The number of rotatable bonds is 2. The quantitative estimate of drug-likeness (QED) is 0.911. The summed E-state index contributed by atoms with van der Waals surface area (Å²) in [6.45, 7) is 5.83. The van der Waals surface area contributed by atoms with Gasteiger partial charge in [0.1, 0.15) is 0 Å². The standard InChI is InChI=1S/C16H20N4O/c1-10-11(2)18-15-8-12(4-5-14(15)17-10)16(21)19-13-6-7-20(3)9-13/h4-5,8,13H,6-7,9H2,1-3H3,(H,19,21). The van der Waals surface area contributed by atoms with E-state index < -0.39 is 0 Å². The summed E-state index contributed by atoms with van der Waals surface area (Å²) >= 11 is 0. The molecule has 21 heavy (non-hydrogen) atoms. The number of fused-ring (bicyclic) bond motifs is 1. The molecule has 0 aliphatic carbocycles. The number of nitrogens with zero attached hydrogens (tertiary/aromatic N) is 3. The minimum atomic E-state index is -0.0303. The summed E-state index contributed by atoms with van der Waals surface area (Å²) in [4.78, 5) is 23.5. The van der Waals surface area contributed by atoms with E-state index in [1.54, 1.807) is 0 Å². The Bertz CT molecular complexity index is 698. The lowest BCUT2D eigenvalue weighted by Gasteiger charge is -2.13. The molecule has 0 bridgehead atoms. The minimum absolute atomic E-state index is 0.0303. The van der Waals surface area contributed by atoms with Crippen LogP contribution in [0.1, 0.15) is 28.2 Å². The van der Waals surface area contributed by atoms with Crippen molar-refractivity contribution < 1.29 is 4.79 Å². The lowest BCUT2D eigenvalue weighted by atomic mass is 10.1. The molecule has 0 saturated carbocycles. The maximum atomic E-state index is 12.3. The molecule has 0 radical (unpaired) electrons. The van der Waals surface area contributed by atoms with Crippen LogP contribution >= 0.6 is 0 Å². The number of carbonyl (C=O) groups is 1. The van der Waals surface area contributed by atoms with Crippen molar-refractivity contribution in [1.29, 1.82) is 0 Å². The molecule has 1 N–H and O–H groups in total. The number of likely N-dealkylation sites (N-methyl/N-ethyl adjacent to an activating group) is 1. The molecule has 2 heterocycles. The van der Waals surface area contributed by atoms with Crippen LogP contribution in [0, 0.1) is 13.8 Å². The highest BCUT2D eigenvalue weighted by Crippen LogP contribution is 2.15. The van der Waals surface area contributed by atoms with Gasteiger partial charge in [0.25, 0.3) is 5.91 Å². The highest BCUT2D eigenvalue weighted by Gasteiger charge is 2.21. The molecular weight excluding hydrogens is 264 g/mol. The molecule has 1 saturated heterocycles. The molecule has 1 aliphatic rings. The topological polar surface area (TPSA) is 58.1 Å². The van der Waals surface area contributed by atoms with E-state index in [1.807, 2.05) is 32.0 Å². The van der Waals surface area contributed by atoms with Gasteiger partial charge in [0.15, 0.2) is 0 Å². The first kappa shape index (κ1) is 13.9. The summed E-state index contributed by atoms with van der Waals surface area (Å²) in [6.07, 6.45) is 1.01. The first-order valence-electron chi connectivity index (χ1n) is 7.27. The van der Waals surface area contributed by atoms with Crippen LogP contribution < -0.4 is 5.32 Å². The number of aromatic nitrogens is 2. The first-order chi connectivity index (χ1) is 10.0. The number of hydrogen-bond donors (Lipinski definition) is 1. The first-order valence-corrected chi connectivity index (χ1v) is 7.27. The molecule has 2 aromatic rings. The Hall–Kier alpha value is -2.01. The molecule has 3 rings (SSSR count). The largest absolute Gasteiger partial charge is 0.348 e. The summed E-state index contributed by atoms with van der Waals surface area (Å²) in [5, 5.41) is 3.09. The molecular formula is C16H20N4O. The van der Waals surface area contributed by atoms with Crippen LogP contribution in [-0.4, -0.2) is 47.0 Å². The Kier molecular flexibility index (Phi) is 3.59. The van der Waals surface area contributed by atoms with Gasteiger partial charge in [0, 0.05) is 18.2 Å². The van der Waals surface area contributed by atoms with E-state index in [9.17, 15) is 4.79 Å². The van der Waals surface area contributed by atoms with E-state index >= 15 is 0 Å². The molecule has 1 fully saturated rings. The fourth-order valence-corrected chi connectivity index (χ4v) is 2.69. The van der Waals surface area contributed by atoms with Gasteiger partial charge in [-0.05, 0) is 52.1 Å². The predicted molar refractivity (Wildman–Crippen MR) is 82.4 cm³/mol. The zero-order chi connectivity index (χ0) is 15.0. The van der Waals surface area contributed by atoms with E-state index in [1.165, 1.54) is 0 Å². The Morgan fingerprint density at radius 1 is 1.24 bits per heavy atom. The van der Waals surface area contributed by atoms with Crippen molar-refractivity contribution in [3.8, 4) is 0 Å². The van der Waals surface area contributed by atoms with Crippen LogP contribution in [0.2, 0.25) is 0 Å². The smallest absolute Gasteiger partial charge is 0.251 e. The van der Waals surface area contributed by atoms with Crippen molar-refractivity contribution in [2.24, 2.45) is 0 Å². The molecule has 1 aromatic carbocycles. The Balaban J connectivity index is 1.83. The van der Waals surface area contributed by atoms with E-state index in [-0.39, 0.29) is 11.9 Å². The van der Waals surface area contributed by atoms with Crippen molar-refractivity contribution >= 4 is 16.9 Å². The van der Waals surface area contributed by atoms with Gasteiger partial charge in [-0.15, -0.1) is 0 Å². The number of carbonyl (C=O) groups excluding carboxylic acids is 1. The van der Waals surface area contributed by atoms with Crippen molar-refractivity contribution in [3.05, 3.63) is 35.2 Å². The zero-order valence-corrected chi connectivity index (χ0v) is 12.7. The van der Waals surface area contributed by atoms with Crippen LogP contribution in [0.4, 0.5) is 0 Å². The summed E-state index contributed by atoms with van der Waals surface area (Å²) in [5.41, 5.74) is 4.07. The van der Waals surface area contributed by atoms with E-state index in [4.69, 9.17) is 0 Å². The minimum Gasteiger partial charge on any atom is -0.348 e. The Labute approximate surface area is 124 Å². The van der Waals surface area contributed by atoms with Crippen molar-refractivity contribution in [2.45, 2.75) is 26.3 Å². The number of benzene rings is 1. The third-order valence-electron chi connectivity index (χ3n) is 4.06. The molecule has 1 aromatic heterocycles. The second kappa shape index (κ2) is 5.41. The maximum absolute atomic E-state index is 12.3. The highest BCUT2D eigenvalue weighted by atomic mass is 16.1. The van der Waals surface area contributed by atoms with E-state index in [0.717, 1.165) is 41.9 Å². The van der Waals surface area contributed by atoms with E-state index in [0.29, 0.717) is 5.56 Å². The molecule has 0 spiro atoms. The fourth-order valence-electron chi connectivity index (χ4n) is 2.69. The second-order valence-corrected chi connectivity index (χ2v) is 5.82. The van der Waals surface area contributed by atoms with Gasteiger partial charge in [0.05, 0.1) is 22.4 Å². The summed E-state index contributed by atoms with van der Waals surface area (Å²) < 4.78 is 0. The molecule has 5 nitrogen and oxygen atoms in total. The van der Waals surface area contributed by atoms with Crippen LogP contribution in [0.3, 0.4) is 0 Å². The number of nitrogens with one attached hydrogen (secondary N) is 1. The molecule has 1 aliphatic heterocycles. The fraction of sp³-hybridized carbons (Fsp3) is 0.438. The number of amides is 1. The van der Waals surface area contributed by atoms with Gasteiger partial charge in [-0.3, -0.25) is 4.79 Å². The summed E-state index contributed by atoms with van der Waals surface area (Å²) in [5.74, 6) is -0.0303. The van der Waals surface area contributed by atoms with Gasteiger partial charge >= 0.3 is 0 Å². The molecule has 1 unspecified atom stereocenters. The van der Waals surface area contributed by atoms with Crippen LogP contribution in [0.25, 0.3) is 11.0 Å². The van der Waals surface area contributed by atoms with Gasteiger partial charge in [-0.2, -0.15) is 0 Å².